The topological polar surface area (TPSA) is 87.3 Å². The van der Waals surface area contributed by atoms with Crippen LogP contribution in [-0.4, -0.2) is 17.7 Å². The Morgan fingerprint density at radius 2 is 1.59 bits per heavy atom. The number of aryl methyl sites for hydroxylation is 1. The van der Waals surface area contributed by atoms with Crippen LogP contribution in [0, 0.1) is 6.92 Å². The van der Waals surface area contributed by atoms with E-state index in [0.29, 0.717) is 23.2 Å². The second kappa shape index (κ2) is 10.1. The molecule has 0 saturated heterocycles. The average Bonchev–Trinajstić information content (AvgIpc) is 2.67. The van der Waals surface area contributed by atoms with Crippen LogP contribution in [-0.2, 0) is 4.79 Å². The molecule has 2 aromatic carbocycles. The summed E-state index contributed by atoms with van der Waals surface area (Å²) >= 11 is 0. The van der Waals surface area contributed by atoms with Gasteiger partial charge in [0.05, 0.1) is 0 Å². The van der Waals surface area contributed by atoms with Gasteiger partial charge in [-0.25, -0.2) is 0 Å². The molecule has 6 nitrogen and oxygen atoms in total. The van der Waals surface area contributed by atoms with Gasteiger partial charge in [0, 0.05) is 23.2 Å². The molecule has 0 radical (unpaired) electrons. The summed E-state index contributed by atoms with van der Waals surface area (Å²) in [7, 11) is 0. The van der Waals surface area contributed by atoms with E-state index in [9.17, 15) is 14.4 Å². The minimum atomic E-state index is -0.407. The van der Waals surface area contributed by atoms with Gasteiger partial charge in [-0.15, -0.1) is 0 Å². The third kappa shape index (κ3) is 6.58. The lowest BCUT2D eigenvalue weighted by Gasteiger charge is -2.09. The molecular formula is C21H25N3O3. The average molecular weight is 367 g/mol. The largest absolute Gasteiger partial charge is 0.322 e. The Balaban J connectivity index is 1.86. The van der Waals surface area contributed by atoms with Crippen molar-refractivity contribution < 1.29 is 14.4 Å². The Bertz CT molecular complexity index is 801. The van der Waals surface area contributed by atoms with Crippen molar-refractivity contribution in [3.8, 4) is 0 Å². The van der Waals surface area contributed by atoms with Crippen LogP contribution in [0.1, 0.15) is 58.9 Å². The molecule has 142 valence electrons. The van der Waals surface area contributed by atoms with Crippen LogP contribution >= 0.6 is 0 Å². The zero-order chi connectivity index (χ0) is 19.6. The molecule has 0 atom stereocenters. The molecule has 0 unspecified atom stereocenters. The van der Waals surface area contributed by atoms with Gasteiger partial charge in [-0.2, -0.15) is 0 Å². The van der Waals surface area contributed by atoms with Crippen LogP contribution < -0.4 is 16.2 Å². The number of amides is 3. The molecule has 0 aliphatic carbocycles. The fraction of sp³-hybridized carbons (Fsp3) is 0.286. The van der Waals surface area contributed by atoms with Crippen molar-refractivity contribution in [2.24, 2.45) is 0 Å². The zero-order valence-corrected chi connectivity index (χ0v) is 15.7. The van der Waals surface area contributed by atoms with Crippen LogP contribution in [0.2, 0.25) is 0 Å². The highest BCUT2D eigenvalue weighted by molar-refractivity contribution is 6.04. The van der Waals surface area contributed by atoms with Gasteiger partial charge in [-0.05, 0) is 49.7 Å². The molecule has 0 spiro atoms. The highest BCUT2D eigenvalue weighted by Gasteiger charge is 2.09. The summed E-state index contributed by atoms with van der Waals surface area (Å²) in [5, 5.41) is 2.79. The van der Waals surface area contributed by atoms with Crippen LogP contribution in [0.3, 0.4) is 0 Å². The predicted octanol–water partition coefficient (Wildman–Crippen LogP) is 3.59. The first kappa shape index (κ1) is 20.2. The number of unbranched alkanes of at least 4 members (excludes halogenated alkanes) is 2. The molecule has 6 heteroatoms. The normalized spacial score (nSPS) is 10.1. The Morgan fingerprint density at radius 1 is 0.852 bits per heavy atom. The van der Waals surface area contributed by atoms with Crippen molar-refractivity contribution in [2.75, 3.05) is 5.32 Å². The fourth-order valence-corrected chi connectivity index (χ4v) is 2.49. The number of carbonyl (C=O) groups excluding carboxylic acids is 3. The number of hydrogen-bond acceptors (Lipinski definition) is 3. The monoisotopic (exact) mass is 367 g/mol. The van der Waals surface area contributed by atoms with Crippen LogP contribution in [0.5, 0.6) is 0 Å². The molecule has 27 heavy (non-hydrogen) atoms. The van der Waals surface area contributed by atoms with Crippen molar-refractivity contribution in [1.82, 2.24) is 10.9 Å². The molecule has 0 saturated carbocycles. The summed E-state index contributed by atoms with van der Waals surface area (Å²) in [5.41, 5.74) is 7.35. The van der Waals surface area contributed by atoms with Crippen molar-refractivity contribution >= 4 is 23.4 Å². The first-order valence-electron chi connectivity index (χ1n) is 9.07. The van der Waals surface area contributed by atoms with E-state index in [1.165, 1.54) is 0 Å². The molecule has 3 N–H and O–H groups in total. The molecule has 0 heterocycles. The summed E-state index contributed by atoms with van der Waals surface area (Å²) in [5.74, 6) is -0.829. The number of nitrogens with one attached hydrogen (secondary N) is 3. The first-order chi connectivity index (χ1) is 13.0. The second-order valence-electron chi connectivity index (χ2n) is 6.36. The smallest absolute Gasteiger partial charge is 0.269 e. The van der Waals surface area contributed by atoms with E-state index in [0.717, 1.165) is 24.8 Å². The number of benzene rings is 2. The molecule has 0 aromatic heterocycles. The SMILES string of the molecule is CCCCCC(=O)NNC(=O)c1ccc(NC(=O)c2cccc(C)c2)cc1. The maximum absolute atomic E-state index is 12.2. The van der Waals surface area contributed by atoms with E-state index in [4.69, 9.17) is 0 Å². The third-order valence-electron chi connectivity index (χ3n) is 4.01. The minimum absolute atomic E-state index is 0.209. The summed E-state index contributed by atoms with van der Waals surface area (Å²) in [6.07, 6.45) is 3.20. The molecular weight excluding hydrogens is 342 g/mol. The summed E-state index contributed by atoms with van der Waals surface area (Å²) in [6, 6.07) is 13.8. The Morgan fingerprint density at radius 3 is 2.26 bits per heavy atom. The number of hydrazine groups is 1. The Labute approximate surface area is 159 Å². The molecule has 0 bridgehead atoms. The van der Waals surface area contributed by atoms with Gasteiger partial charge in [0.25, 0.3) is 11.8 Å². The standard InChI is InChI=1S/C21H25N3O3/c1-3-4-5-9-19(25)23-24-21(27)16-10-12-18(13-11-16)22-20(26)17-8-6-7-15(2)14-17/h6-8,10-14H,3-5,9H2,1-2H3,(H,22,26)(H,23,25)(H,24,27). The summed E-state index contributed by atoms with van der Waals surface area (Å²) < 4.78 is 0. The Hall–Kier alpha value is -3.15. The maximum atomic E-state index is 12.2. The molecule has 0 fully saturated rings. The molecule has 0 aliphatic heterocycles. The van der Waals surface area contributed by atoms with Crippen LogP contribution in [0.25, 0.3) is 0 Å². The van der Waals surface area contributed by atoms with Crippen LogP contribution in [0.15, 0.2) is 48.5 Å². The second-order valence-corrected chi connectivity index (χ2v) is 6.36. The van der Waals surface area contributed by atoms with Gasteiger partial charge < -0.3 is 5.32 Å². The molecule has 0 aliphatic rings. The lowest BCUT2D eigenvalue weighted by atomic mass is 10.1. The number of anilines is 1. The van der Waals surface area contributed by atoms with Crippen molar-refractivity contribution in [3.05, 3.63) is 65.2 Å². The highest BCUT2D eigenvalue weighted by atomic mass is 16.2. The van der Waals surface area contributed by atoms with Crippen molar-refractivity contribution in [3.63, 3.8) is 0 Å². The lowest BCUT2D eigenvalue weighted by molar-refractivity contribution is -0.121. The summed E-state index contributed by atoms with van der Waals surface area (Å²) in [6.45, 7) is 3.99. The van der Waals surface area contributed by atoms with E-state index in [2.05, 4.69) is 23.1 Å². The molecule has 2 rings (SSSR count). The third-order valence-corrected chi connectivity index (χ3v) is 4.01. The van der Waals surface area contributed by atoms with Gasteiger partial charge in [0.2, 0.25) is 5.91 Å². The lowest BCUT2D eigenvalue weighted by Crippen LogP contribution is -2.41. The minimum Gasteiger partial charge on any atom is -0.322 e. The summed E-state index contributed by atoms with van der Waals surface area (Å²) in [4.78, 5) is 35.9. The van der Waals surface area contributed by atoms with Crippen molar-refractivity contribution in [2.45, 2.75) is 39.5 Å². The van der Waals surface area contributed by atoms with E-state index in [-0.39, 0.29) is 11.8 Å². The highest BCUT2D eigenvalue weighted by Crippen LogP contribution is 2.12. The predicted molar refractivity (Wildman–Crippen MR) is 105 cm³/mol. The quantitative estimate of drug-likeness (QED) is 0.516. The van der Waals surface area contributed by atoms with Gasteiger partial charge in [-0.1, -0.05) is 37.5 Å². The van der Waals surface area contributed by atoms with E-state index in [1.54, 1.807) is 36.4 Å². The number of carbonyl (C=O) groups is 3. The van der Waals surface area contributed by atoms with Gasteiger partial charge in [0.1, 0.15) is 0 Å². The van der Waals surface area contributed by atoms with Gasteiger partial charge in [0.15, 0.2) is 0 Å². The van der Waals surface area contributed by atoms with E-state index < -0.39 is 5.91 Å². The maximum Gasteiger partial charge on any atom is 0.269 e. The number of hydrogen-bond donors (Lipinski definition) is 3. The molecule has 2 aromatic rings. The molecule has 3 amide bonds. The van der Waals surface area contributed by atoms with Gasteiger partial charge in [-0.3, -0.25) is 25.2 Å². The fourth-order valence-electron chi connectivity index (χ4n) is 2.49. The number of rotatable bonds is 7. The first-order valence-corrected chi connectivity index (χ1v) is 9.07. The van der Waals surface area contributed by atoms with Crippen molar-refractivity contribution in [1.29, 1.82) is 0 Å². The zero-order valence-electron chi connectivity index (χ0n) is 15.7. The van der Waals surface area contributed by atoms with Crippen LogP contribution in [0.4, 0.5) is 5.69 Å². The van der Waals surface area contributed by atoms with E-state index >= 15 is 0 Å². The van der Waals surface area contributed by atoms with Gasteiger partial charge >= 0.3 is 0 Å². The Kier molecular flexibility index (Phi) is 7.55. The van der Waals surface area contributed by atoms with E-state index in [1.807, 2.05) is 19.1 Å².